The van der Waals surface area contributed by atoms with Crippen molar-refractivity contribution >= 4 is 17.2 Å². The van der Waals surface area contributed by atoms with E-state index < -0.39 is 0 Å². The van der Waals surface area contributed by atoms with E-state index in [0.29, 0.717) is 19.0 Å². The van der Waals surface area contributed by atoms with Gasteiger partial charge in [-0.05, 0) is 25.8 Å². The van der Waals surface area contributed by atoms with E-state index in [0.717, 1.165) is 29.8 Å². The second-order valence-corrected chi connectivity index (χ2v) is 6.68. The first-order valence-electron chi connectivity index (χ1n) is 7.35. The molecular formula is C15H20N4O2S. The van der Waals surface area contributed by atoms with Gasteiger partial charge in [-0.1, -0.05) is 0 Å². The smallest absolute Gasteiger partial charge is 0.252 e. The van der Waals surface area contributed by atoms with Crippen molar-refractivity contribution in [3.8, 4) is 0 Å². The zero-order valence-corrected chi connectivity index (χ0v) is 13.9. The molecule has 1 aliphatic heterocycles. The van der Waals surface area contributed by atoms with Gasteiger partial charge in [0.2, 0.25) is 0 Å². The lowest BCUT2D eigenvalue weighted by atomic mass is 10.1. The largest absolute Gasteiger partial charge is 0.377 e. The summed E-state index contributed by atoms with van der Waals surface area (Å²) in [6.45, 7) is 5.12. The van der Waals surface area contributed by atoms with Crippen LogP contribution >= 0.6 is 11.3 Å². The van der Waals surface area contributed by atoms with Crippen LogP contribution in [0.4, 0.5) is 0 Å². The number of hydrogen-bond donors (Lipinski definition) is 1. The van der Waals surface area contributed by atoms with Crippen LogP contribution in [0.5, 0.6) is 0 Å². The summed E-state index contributed by atoms with van der Waals surface area (Å²) in [7, 11) is 1.63. The first kappa shape index (κ1) is 15.2. The normalized spacial score (nSPS) is 17.3. The predicted molar refractivity (Wildman–Crippen MR) is 84.1 cm³/mol. The molecule has 0 unspecified atom stereocenters. The molecule has 0 radical (unpaired) electrons. The third-order valence-electron chi connectivity index (χ3n) is 4.04. The minimum atomic E-state index is 0.00697. The molecule has 118 valence electrons. The second-order valence-electron chi connectivity index (χ2n) is 5.60. The minimum absolute atomic E-state index is 0.00697. The molecule has 1 amide bonds. The highest BCUT2D eigenvalue weighted by Crippen LogP contribution is 2.21. The van der Waals surface area contributed by atoms with Crippen LogP contribution in [0, 0.1) is 13.8 Å². The molecule has 0 saturated carbocycles. The van der Waals surface area contributed by atoms with Crippen LogP contribution in [0.3, 0.4) is 0 Å². The number of nitrogens with one attached hydrogen (secondary N) is 1. The fourth-order valence-electron chi connectivity index (χ4n) is 2.67. The number of aromatic nitrogens is 3. The molecule has 1 aliphatic rings. The Kier molecular flexibility index (Phi) is 4.26. The Bertz CT molecular complexity index is 692. The Balaban J connectivity index is 1.67. The van der Waals surface area contributed by atoms with Gasteiger partial charge in [-0.2, -0.15) is 5.10 Å². The molecule has 0 bridgehead atoms. The maximum absolute atomic E-state index is 12.4. The summed E-state index contributed by atoms with van der Waals surface area (Å²) in [5, 5.41) is 9.47. The molecule has 1 N–H and O–H groups in total. The molecule has 0 spiro atoms. The van der Waals surface area contributed by atoms with E-state index in [1.165, 1.54) is 4.88 Å². The summed E-state index contributed by atoms with van der Waals surface area (Å²) < 4.78 is 6.95. The van der Waals surface area contributed by atoms with Gasteiger partial charge in [0.15, 0.2) is 5.82 Å². The van der Waals surface area contributed by atoms with Crippen molar-refractivity contribution in [3.05, 3.63) is 33.0 Å². The van der Waals surface area contributed by atoms with Crippen LogP contribution in [0.2, 0.25) is 0 Å². The molecule has 2 aromatic rings. The van der Waals surface area contributed by atoms with E-state index in [9.17, 15) is 4.79 Å². The van der Waals surface area contributed by atoms with Crippen molar-refractivity contribution in [2.45, 2.75) is 45.9 Å². The summed E-state index contributed by atoms with van der Waals surface area (Å²) in [6.07, 6.45) is 1.71. The number of aryl methyl sites for hydroxylation is 2. The molecule has 6 nitrogen and oxygen atoms in total. The third kappa shape index (κ3) is 2.91. The maximum Gasteiger partial charge on any atom is 0.252 e. The highest BCUT2D eigenvalue weighted by atomic mass is 32.1. The summed E-state index contributed by atoms with van der Waals surface area (Å²) in [5.41, 5.74) is 1.86. The SMILES string of the molecule is COCc1nc2n(n1)C[C@@H](NC(=O)c1csc(C)c1C)CC2. The molecule has 3 heterocycles. The summed E-state index contributed by atoms with van der Waals surface area (Å²) in [4.78, 5) is 18.0. The Labute approximate surface area is 133 Å². The average Bonchev–Trinajstić information content (AvgIpc) is 3.03. The Morgan fingerprint density at radius 3 is 3.05 bits per heavy atom. The van der Waals surface area contributed by atoms with Gasteiger partial charge in [0.25, 0.3) is 5.91 Å². The number of hydrogen-bond acceptors (Lipinski definition) is 5. The van der Waals surface area contributed by atoms with Crippen molar-refractivity contribution < 1.29 is 9.53 Å². The zero-order valence-electron chi connectivity index (χ0n) is 13.0. The van der Waals surface area contributed by atoms with Gasteiger partial charge in [-0.25, -0.2) is 9.67 Å². The summed E-state index contributed by atoms with van der Waals surface area (Å²) in [6, 6.07) is 0.0942. The highest BCUT2D eigenvalue weighted by Gasteiger charge is 2.24. The topological polar surface area (TPSA) is 69.0 Å². The first-order chi connectivity index (χ1) is 10.6. The molecule has 0 saturated heterocycles. The zero-order chi connectivity index (χ0) is 15.7. The van der Waals surface area contributed by atoms with Gasteiger partial charge in [-0.15, -0.1) is 11.3 Å². The van der Waals surface area contributed by atoms with Gasteiger partial charge in [0.05, 0.1) is 12.1 Å². The van der Waals surface area contributed by atoms with Gasteiger partial charge < -0.3 is 10.1 Å². The first-order valence-corrected chi connectivity index (χ1v) is 8.23. The minimum Gasteiger partial charge on any atom is -0.377 e. The fraction of sp³-hybridized carbons (Fsp3) is 0.533. The van der Waals surface area contributed by atoms with Gasteiger partial charge in [-0.3, -0.25) is 4.79 Å². The average molecular weight is 320 g/mol. The number of rotatable bonds is 4. The number of thiophene rings is 1. The monoisotopic (exact) mass is 320 g/mol. The Morgan fingerprint density at radius 1 is 1.55 bits per heavy atom. The van der Waals surface area contributed by atoms with Gasteiger partial charge >= 0.3 is 0 Å². The number of carbonyl (C=O) groups excluding carboxylic acids is 1. The van der Waals surface area contributed by atoms with E-state index in [4.69, 9.17) is 4.74 Å². The summed E-state index contributed by atoms with van der Waals surface area (Å²) >= 11 is 1.62. The highest BCUT2D eigenvalue weighted by molar-refractivity contribution is 7.10. The number of fused-ring (bicyclic) bond motifs is 1. The van der Waals surface area contributed by atoms with Crippen LogP contribution in [0.15, 0.2) is 5.38 Å². The molecule has 0 aliphatic carbocycles. The quantitative estimate of drug-likeness (QED) is 0.933. The molecule has 2 aromatic heterocycles. The second kappa shape index (κ2) is 6.18. The lowest BCUT2D eigenvalue weighted by Gasteiger charge is -2.23. The fourth-order valence-corrected chi connectivity index (χ4v) is 3.53. The van der Waals surface area contributed by atoms with Crippen LogP contribution in [0.1, 0.15) is 38.9 Å². The number of amides is 1. The standard InChI is InChI=1S/C15H20N4O2S/c1-9-10(2)22-8-12(9)15(20)16-11-4-5-14-17-13(7-21-3)18-19(14)6-11/h8,11H,4-7H2,1-3H3,(H,16,20)/t11-/m0/s1. The van der Waals surface area contributed by atoms with Gasteiger partial charge in [0, 0.05) is 29.8 Å². The van der Waals surface area contributed by atoms with Crippen molar-refractivity contribution in [1.29, 1.82) is 0 Å². The van der Waals surface area contributed by atoms with E-state index in [1.54, 1.807) is 18.4 Å². The van der Waals surface area contributed by atoms with Crippen LogP contribution in [-0.2, 0) is 24.3 Å². The van der Waals surface area contributed by atoms with Crippen LogP contribution < -0.4 is 5.32 Å². The predicted octanol–water partition coefficient (Wildman–Crippen LogP) is 1.85. The number of ether oxygens (including phenoxy) is 1. The number of carbonyl (C=O) groups is 1. The van der Waals surface area contributed by atoms with E-state index >= 15 is 0 Å². The molecular weight excluding hydrogens is 300 g/mol. The Hall–Kier alpha value is -1.73. The summed E-state index contributed by atoms with van der Waals surface area (Å²) in [5.74, 6) is 1.68. The van der Waals surface area contributed by atoms with Crippen molar-refractivity contribution in [3.63, 3.8) is 0 Å². The molecule has 1 atom stereocenters. The third-order valence-corrected chi connectivity index (χ3v) is 5.05. The van der Waals surface area contributed by atoms with Crippen molar-refractivity contribution in [1.82, 2.24) is 20.1 Å². The molecule has 0 fully saturated rings. The lowest BCUT2D eigenvalue weighted by Crippen LogP contribution is -2.41. The molecule has 3 rings (SSSR count). The maximum atomic E-state index is 12.4. The van der Waals surface area contributed by atoms with Gasteiger partial charge in [0.1, 0.15) is 12.4 Å². The van der Waals surface area contributed by atoms with E-state index in [-0.39, 0.29) is 11.9 Å². The molecule has 7 heteroatoms. The lowest BCUT2D eigenvalue weighted by molar-refractivity contribution is 0.0926. The molecule has 0 aromatic carbocycles. The van der Waals surface area contributed by atoms with Crippen LogP contribution in [-0.4, -0.2) is 33.8 Å². The van der Waals surface area contributed by atoms with E-state index in [2.05, 4.69) is 15.4 Å². The van der Waals surface area contributed by atoms with Crippen molar-refractivity contribution in [2.24, 2.45) is 0 Å². The Morgan fingerprint density at radius 2 is 2.36 bits per heavy atom. The number of nitrogens with zero attached hydrogens (tertiary/aromatic N) is 3. The van der Waals surface area contributed by atoms with Crippen LogP contribution in [0.25, 0.3) is 0 Å². The number of methoxy groups -OCH3 is 1. The van der Waals surface area contributed by atoms with E-state index in [1.807, 2.05) is 23.9 Å². The van der Waals surface area contributed by atoms with Crippen molar-refractivity contribution in [2.75, 3.05) is 7.11 Å². The molecule has 22 heavy (non-hydrogen) atoms.